The van der Waals surface area contributed by atoms with Gasteiger partial charge >= 0.3 is 0 Å². The average Bonchev–Trinajstić information content (AvgIpc) is 2.98. The van der Waals surface area contributed by atoms with E-state index in [1.54, 1.807) is 7.11 Å². The SMILES string of the molecule is CCNC(=NCc1cccc2c1OCCCO2)NC1CCc2nc(COC)nn2C1. The first-order chi connectivity index (χ1) is 14.8. The van der Waals surface area contributed by atoms with Gasteiger partial charge in [-0.3, -0.25) is 0 Å². The topological polar surface area (TPSA) is 94.8 Å². The number of guanidine groups is 1. The van der Waals surface area contributed by atoms with E-state index in [9.17, 15) is 0 Å². The van der Waals surface area contributed by atoms with Crippen molar-refractivity contribution in [2.45, 2.75) is 51.9 Å². The van der Waals surface area contributed by atoms with Crippen molar-refractivity contribution in [3.05, 3.63) is 35.4 Å². The van der Waals surface area contributed by atoms with Crippen LogP contribution in [0, 0.1) is 0 Å². The number of nitrogens with one attached hydrogen (secondary N) is 2. The molecule has 2 aliphatic rings. The molecule has 0 saturated heterocycles. The number of benzene rings is 1. The fourth-order valence-corrected chi connectivity index (χ4v) is 3.72. The lowest BCUT2D eigenvalue weighted by atomic mass is 10.1. The van der Waals surface area contributed by atoms with Crippen LogP contribution in [0.25, 0.3) is 0 Å². The number of aromatic nitrogens is 3. The standard InChI is InChI=1S/C21H30N6O3/c1-3-22-21(23-12-15-6-4-7-17-20(15)30-11-5-10-29-17)24-16-8-9-19-25-18(14-28-2)26-27(19)13-16/h4,6-7,16H,3,5,8-14H2,1-2H3,(H2,22,23,24). The lowest BCUT2D eigenvalue weighted by Crippen LogP contribution is -2.47. The Labute approximate surface area is 176 Å². The molecule has 162 valence electrons. The van der Waals surface area contributed by atoms with Crippen molar-refractivity contribution in [1.29, 1.82) is 0 Å². The molecule has 1 aromatic heterocycles. The Balaban J connectivity index is 1.43. The Morgan fingerprint density at radius 3 is 3.10 bits per heavy atom. The molecule has 3 heterocycles. The molecule has 9 nitrogen and oxygen atoms in total. The van der Waals surface area contributed by atoms with Crippen LogP contribution in [0.5, 0.6) is 11.5 Å². The number of ether oxygens (including phenoxy) is 3. The lowest BCUT2D eigenvalue weighted by molar-refractivity contribution is 0.177. The van der Waals surface area contributed by atoms with Crippen molar-refractivity contribution < 1.29 is 14.2 Å². The first-order valence-corrected chi connectivity index (χ1v) is 10.6. The Hall–Kier alpha value is -2.81. The van der Waals surface area contributed by atoms with Crippen LogP contribution >= 0.6 is 0 Å². The van der Waals surface area contributed by atoms with Gasteiger partial charge < -0.3 is 24.8 Å². The zero-order chi connectivity index (χ0) is 20.8. The van der Waals surface area contributed by atoms with E-state index in [1.807, 2.05) is 22.9 Å². The van der Waals surface area contributed by atoms with Gasteiger partial charge in [-0.05, 0) is 19.4 Å². The van der Waals surface area contributed by atoms with Gasteiger partial charge in [-0.2, -0.15) is 5.10 Å². The van der Waals surface area contributed by atoms with Crippen molar-refractivity contribution in [1.82, 2.24) is 25.4 Å². The van der Waals surface area contributed by atoms with Gasteiger partial charge in [0.1, 0.15) is 12.4 Å². The molecule has 9 heteroatoms. The van der Waals surface area contributed by atoms with Crippen molar-refractivity contribution in [3.63, 3.8) is 0 Å². The normalized spacial score (nSPS) is 18.5. The van der Waals surface area contributed by atoms with E-state index in [-0.39, 0.29) is 6.04 Å². The zero-order valence-corrected chi connectivity index (χ0v) is 17.7. The summed E-state index contributed by atoms with van der Waals surface area (Å²) in [6, 6.07) is 6.22. The molecule has 1 aromatic carbocycles. The third-order valence-electron chi connectivity index (χ3n) is 5.12. The maximum atomic E-state index is 5.92. The van der Waals surface area contributed by atoms with Gasteiger partial charge in [0.15, 0.2) is 23.3 Å². The van der Waals surface area contributed by atoms with E-state index < -0.39 is 0 Å². The number of hydrogen-bond donors (Lipinski definition) is 2. The Morgan fingerprint density at radius 2 is 2.23 bits per heavy atom. The fraction of sp³-hybridized carbons (Fsp3) is 0.571. The molecule has 1 atom stereocenters. The summed E-state index contributed by atoms with van der Waals surface area (Å²) in [7, 11) is 1.66. The Morgan fingerprint density at radius 1 is 1.33 bits per heavy atom. The predicted molar refractivity (Wildman–Crippen MR) is 113 cm³/mol. The van der Waals surface area contributed by atoms with Gasteiger partial charge in [0.25, 0.3) is 0 Å². The van der Waals surface area contributed by atoms with Crippen molar-refractivity contribution in [2.24, 2.45) is 4.99 Å². The molecule has 2 N–H and O–H groups in total. The minimum atomic E-state index is 0.236. The third kappa shape index (κ3) is 4.84. The monoisotopic (exact) mass is 414 g/mol. The van der Waals surface area contributed by atoms with E-state index >= 15 is 0 Å². The molecule has 2 aliphatic heterocycles. The van der Waals surface area contributed by atoms with E-state index in [2.05, 4.69) is 27.6 Å². The largest absolute Gasteiger partial charge is 0.490 e. The number of hydrogen-bond acceptors (Lipinski definition) is 6. The molecule has 1 unspecified atom stereocenters. The highest BCUT2D eigenvalue weighted by Crippen LogP contribution is 2.33. The van der Waals surface area contributed by atoms with Crippen molar-refractivity contribution in [2.75, 3.05) is 26.9 Å². The molecular weight excluding hydrogens is 384 g/mol. The quantitative estimate of drug-likeness (QED) is 0.548. The Kier molecular flexibility index (Phi) is 6.68. The molecule has 0 bridgehead atoms. The van der Waals surface area contributed by atoms with Crippen molar-refractivity contribution in [3.8, 4) is 11.5 Å². The van der Waals surface area contributed by atoms with Crippen LogP contribution in [-0.2, 0) is 30.9 Å². The molecular formula is C21H30N6O3. The van der Waals surface area contributed by atoms with Gasteiger partial charge in [-0.1, -0.05) is 12.1 Å². The molecule has 0 spiro atoms. The van der Waals surface area contributed by atoms with Crippen LogP contribution in [0.2, 0.25) is 0 Å². The smallest absolute Gasteiger partial charge is 0.191 e. The minimum Gasteiger partial charge on any atom is -0.490 e. The van der Waals surface area contributed by atoms with E-state index in [1.165, 1.54) is 0 Å². The first kappa shape index (κ1) is 20.5. The lowest BCUT2D eigenvalue weighted by Gasteiger charge is -2.25. The molecule has 30 heavy (non-hydrogen) atoms. The predicted octanol–water partition coefficient (Wildman–Crippen LogP) is 1.66. The average molecular weight is 415 g/mol. The second-order valence-electron chi connectivity index (χ2n) is 7.43. The molecule has 0 saturated carbocycles. The van der Waals surface area contributed by atoms with Gasteiger partial charge in [0.05, 0.1) is 26.3 Å². The number of aryl methyl sites for hydroxylation is 1. The second-order valence-corrected chi connectivity index (χ2v) is 7.43. The van der Waals surface area contributed by atoms with Crippen LogP contribution in [0.1, 0.15) is 37.0 Å². The van der Waals surface area contributed by atoms with Crippen LogP contribution in [0.4, 0.5) is 0 Å². The highest BCUT2D eigenvalue weighted by atomic mass is 16.5. The summed E-state index contributed by atoms with van der Waals surface area (Å²) >= 11 is 0. The Bertz CT molecular complexity index is 882. The van der Waals surface area contributed by atoms with Gasteiger partial charge in [0.2, 0.25) is 0 Å². The fourth-order valence-electron chi connectivity index (χ4n) is 3.72. The number of nitrogens with zero attached hydrogens (tertiary/aromatic N) is 4. The minimum absolute atomic E-state index is 0.236. The zero-order valence-electron chi connectivity index (χ0n) is 17.7. The summed E-state index contributed by atoms with van der Waals surface area (Å²) in [5.74, 6) is 4.16. The second kappa shape index (κ2) is 9.80. The summed E-state index contributed by atoms with van der Waals surface area (Å²) in [4.78, 5) is 9.34. The molecule has 4 rings (SSSR count). The van der Waals surface area contributed by atoms with E-state index in [4.69, 9.17) is 19.2 Å². The summed E-state index contributed by atoms with van der Waals surface area (Å²) in [6.45, 7) is 5.92. The van der Waals surface area contributed by atoms with Gasteiger partial charge in [-0.25, -0.2) is 14.7 Å². The number of fused-ring (bicyclic) bond motifs is 2. The van der Waals surface area contributed by atoms with E-state index in [0.717, 1.165) is 67.0 Å². The number of rotatable bonds is 6. The molecule has 0 amide bonds. The number of para-hydroxylation sites is 1. The molecule has 2 aromatic rings. The summed E-state index contributed by atoms with van der Waals surface area (Å²) in [5, 5.41) is 11.4. The van der Waals surface area contributed by atoms with Crippen LogP contribution in [0.15, 0.2) is 23.2 Å². The number of aliphatic imine (C=N–C) groups is 1. The van der Waals surface area contributed by atoms with E-state index in [0.29, 0.717) is 26.4 Å². The highest BCUT2D eigenvalue weighted by Gasteiger charge is 2.22. The maximum Gasteiger partial charge on any atom is 0.191 e. The van der Waals surface area contributed by atoms with Crippen LogP contribution < -0.4 is 20.1 Å². The number of methoxy groups -OCH3 is 1. The maximum absolute atomic E-state index is 5.92. The highest BCUT2D eigenvalue weighted by molar-refractivity contribution is 5.80. The van der Waals surface area contributed by atoms with Gasteiger partial charge in [-0.15, -0.1) is 0 Å². The molecule has 0 fully saturated rings. The molecule has 0 aliphatic carbocycles. The van der Waals surface area contributed by atoms with Gasteiger partial charge in [0, 0.05) is 38.1 Å². The summed E-state index contributed by atoms with van der Waals surface area (Å²) in [6.07, 6.45) is 2.75. The van der Waals surface area contributed by atoms with Crippen molar-refractivity contribution >= 4 is 5.96 Å². The first-order valence-electron chi connectivity index (χ1n) is 10.6. The van der Waals surface area contributed by atoms with Crippen LogP contribution in [0.3, 0.4) is 0 Å². The molecule has 0 radical (unpaired) electrons. The van der Waals surface area contributed by atoms with Crippen LogP contribution in [-0.4, -0.2) is 53.6 Å². The third-order valence-corrected chi connectivity index (χ3v) is 5.12. The summed E-state index contributed by atoms with van der Waals surface area (Å²) < 4.78 is 18.8. The summed E-state index contributed by atoms with van der Waals surface area (Å²) in [5.41, 5.74) is 1.03.